The molecule has 0 spiro atoms. The molecule has 1 aliphatic rings. The van der Waals surface area contributed by atoms with Crippen molar-refractivity contribution in [1.82, 2.24) is 5.43 Å². The third-order valence-corrected chi connectivity index (χ3v) is 4.53. The SMILES string of the molecule is Cc1cc(C)cc(C(NN)C2CCCC2(C)C)c1. The summed E-state index contributed by atoms with van der Waals surface area (Å²) in [6.07, 6.45) is 3.90. The topological polar surface area (TPSA) is 38.0 Å². The maximum Gasteiger partial charge on any atom is 0.0493 e. The molecule has 0 aromatic heterocycles. The van der Waals surface area contributed by atoms with Crippen LogP contribution in [0.3, 0.4) is 0 Å². The number of nitrogens with one attached hydrogen (secondary N) is 1. The first-order valence-corrected chi connectivity index (χ1v) is 6.98. The molecule has 2 atom stereocenters. The molecule has 1 aromatic rings. The van der Waals surface area contributed by atoms with E-state index in [0.717, 1.165) is 0 Å². The first-order valence-electron chi connectivity index (χ1n) is 6.98. The number of hydrazine groups is 1. The molecular weight excluding hydrogens is 220 g/mol. The minimum atomic E-state index is 0.279. The van der Waals surface area contributed by atoms with Crippen molar-refractivity contribution in [1.29, 1.82) is 0 Å². The lowest BCUT2D eigenvalue weighted by molar-refractivity contribution is 0.198. The molecule has 100 valence electrons. The first kappa shape index (κ1) is 13.6. The van der Waals surface area contributed by atoms with Crippen LogP contribution in [-0.4, -0.2) is 0 Å². The minimum Gasteiger partial charge on any atom is -0.271 e. The average molecular weight is 246 g/mol. The highest BCUT2D eigenvalue weighted by Gasteiger charge is 2.39. The second-order valence-corrected chi connectivity index (χ2v) is 6.55. The minimum absolute atomic E-state index is 0.279. The van der Waals surface area contributed by atoms with Crippen LogP contribution in [0.2, 0.25) is 0 Å². The van der Waals surface area contributed by atoms with Crippen molar-refractivity contribution in [2.24, 2.45) is 17.2 Å². The maximum atomic E-state index is 5.86. The van der Waals surface area contributed by atoms with Crippen molar-refractivity contribution >= 4 is 0 Å². The standard InChI is InChI=1S/C16H26N2/c1-11-8-12(2)10-13(9-11)15(18-17)14-6-5-7-16(14,3)4/h8-10,14-15,18H,5-7,17H2,1-4H3. The van der Waals surface area contributed by atoms with Crippen LogP contribution in [0.5, 0.6) is 0 Å². The predicted octanol–water partition coefficient (Wildman–Crippen LogP) is 3.63. The Morgan fingerprint density at radius 2 is 1.83 bits per heavy atom. The Morgan fingerprint density at radius 3 is 2.28 bits per heavy atom. The van der Waals surface area contributed by atoms with Crippen LogP contribution >= 0.6 is 0 Å². The Balaban J connectivity index is 2.33. The summed E-state index contributed by atoms with van der Waals surface area (Å²) in [5.41, 5.74) is 7.44. The van der Waals surface area contributed by atoms with Gasteiger partial charge in [0.2, 0.25) is 0 Å². The van der Waals surface area contributed by atoms with Crippen molar-refractivity contribution in [2.45, 2.75) is 53.0 Å². The summed E-state index contributed by atoms with van der Waals surface area (Å²) >= 11 is 0. The molecule has 2 unspecified atom stereocenters. The lowest BCUT2D eigenvalue weighted by Crippen LogP contribution is -2.37. The van der Waals surface area contributed by atoms with Crippen LogP contribution in [0.25, 0.3) is 0 Å². The number of benzene rings is 1. The van der Waals surface area contributed by atoms with Gasteiger partial charge < -0.3 is 0 Å². The van der Waals surface area contributed by atoms with E-state index in [4.69, 9.17) is 5.84 Å². The van der Waals surface area contributed by atoms with E-state index in [1.807, 2.05) is 0 Å². The first-order chi connectivity index (χ1) is 8.44. The van der Waals surface area contributed by atoms with E-state index in [1.165, 1.54) is 36.0 Å². The zero-order chi connectivity index (χ0) is 13.3. The summed E-state index contributed by atoms with van der Waals surface area (Å²) in [4.78, 5) is 0. The smallest absolute Gasteiger partial charge is 0.0493 e. The summed E-state index contributed by atoms with van der Waals surface area (Å²) in [6, 6.07) is 7.04. The van der Waals surface area contributed by atoms with Crippen molar-refractivity contribution in [3.8, 4) is 0 Å². The van der Waals surface area contributed by atoms with Gasteiger partial charge in [-0.05, 0) is 43.6 Å². The van der Waals surface area contributed by atoms with Crippen LogP contribution in [0.4, 0.5) is 0 Å². The van der Waals surface area contributed by atoms with Crippen LogP contribution in [0.1, 0.15) is 55.8 Å². The Labute approximate surface area is 111 Å². The molecule has 1 saturated carbocycles. The van der Waals surface area contributed by atoms with Crippen molar-refractivity contribution in [2.75, 3.05) is 0 Å². The monoisotopic (exact) mass is 246 g/mol. The van der Waals surface area contributed by atoms with Gasteiger partial charge in [0.15, 0.2) is 0 Å². The molecule has 0 bridgehead atoms. The lowest BCUT2D eigenvalue weighted by Gasteiger charge is -2.34. The zero-order valence-electron chi connectivity index (χ0n) is 12.1. The number of aryl methyl sites for hydroxylation is 2. The molecule has 0 heterocycles. The third kappa shape index (κ3) is 2.60. The lowest BCUT2D eigenvalue weighted by atomic mass is 9.75. The van der Waals surface area contributed by atoms with Gasteiger partial charge in [0.25, 0.3) is 0 Å². The molecule has 3 N–H and O–H groups in total. The van der Waals surface area contributed by atoms with Gasteiger partial charge in [-0.2, -0.15) is 0 Å². The zero-order valence-corrected chi connectivity index (χ0v) is 12.1. The van der Waals surface area contributed by atoms with E-state index in [-0.39, 0.29) is 6.04 Å². The fourth-order valence-electron chi connectivity index (χ4n) is 3.61. The van der Waals surface area contributed by atoms with Gasteiger partial charge in [0.1, 0.15) is 0 Å². The number of hydrogen-bond acceptors (Lipinski definition) is 2. The molecule has 0 radical (unpaired) electrons. The van der Waals surface area contributed by atoms with Crippen LogP contribution in [0, 0.1) is 25.2 Å². The summed E-state index contributed by atoms with van der Waals surface area (Å²) < 4.78 is 0. The highest BCUT2D eigenvalue weighted by molar-refractivity contribution is 5.31. The van der Waals surface area contributed by atoms with Crippen LogP contribution in [0.15, 0.2) is 18.2 Å². The number of rotatable bonds is 3. The number of hydrogen-bond donors (Lipinski definition) is 2. The molecule has 1 aliphatic carbocycles. The van der Waals surface area contributed by atoms with Gasteiger partial charge in [-0.15, -0.1) is 0 Å². The molecule has 1 fully saturated rings. The highest BCUT2D eigenvalue weighted by atomic mass is 15.2. The Morgan fingerprint density at radius 1 is 1.22 bits per heavy atom. The maximum absolute atomic E-state index is 5.86. The summed E-state index contributed by atoms with van der Waals surface area (Å²) in [6.45, 7) is 9.06. The van der Waals surface area contributed by atoms with E-state index in [9.17, 15) is 0 Å². The summed E-state index contributed by atoms with van der Waals surface area (Å²) in [5.74, 6) is 6.48. The van der Waals surface area contributed by atoms with Gasteiger partial charge in [-0.3, -0.25) is 11.3 Å². The third-order valence-electron chi connectivity index (χ3n) is 4.53. The van der Waals surface area contributed by atoms with Crippen LogP contribution in [-0.2, 0) is 0 Å². The number of nitrogens with two attached hydrogens (primary N) is 1. The predicted molar refractivity (Wildman–Crippen MR) is 77.1 cm³/mol. The second-order valence-electron chi connectivity index (χ2n) is 6.55. The van der Waals surface area contributed by atoms with Crippen molar-refractivity contribution < 1.29 is 0 Å². The highest BCUT2D eigenvalue weighted by Crippen LogP contribution is 2.48. The average Bonchev–Trinajstić information content (AvgIpc) is 2.59. The van der Waals surface area contributed by atoms with E-state index in [2.05, 4.69) is 51.3 Å². The second kappa shape index (κ2) is 5.02. The molecule has 2 heteroatoms. The normalized spacial score (nSPS) is 24.2. The van der Waals surface area contributed by atoms with Crippen molar-refractivity contribution in [3.63, 3.8) is 0 Å². The Bertz CT molecular complexity index is 403. The molecule has 18 heavy (non-hydrogen) atoms. The summed E-state index contributed by atoms with van der Waals surface area (Å²) in [7, 11) is 0. The molecule has 0 aliphatic heterocycles. The Hall–Kier alpha value is -0.860. The van der Waals surface area contributed by atoms with E-state index < -0.39 is 0 Å². The van der Waals surface area contributed by atoms with Gasteiger partial charge in [-0.25, -0.2) is 0 Å². The van der Waals surface area contributed by atoms with E-state index in [0.29, 0.717) is 11.3 Å². The van der Waals surface area contributed by atoms with Gasteiger partial charge in [-0.1, -0.05) is 49.6 Å². The molecule has 1 aromatic carbocycles. The Kier molecular flexibility index (Phi) is 3.79. The fourth-order valence-corrected chi connectivity index (χ4v) is 3.61. The quantitative estimate of drug-likeness (QED) is 0.631. The van der Waals surface area contributed by atoms with Gasteiger partial charge in [0.05, 0.1) is 0 Å². The summed E-state index contributed by atoms with van der Waals surface area (Å²) in [5, 5.41) is 0. The van der Waals surface area contributed by atoms with Crippen molar-refractivity contribution in [3.05, 3.63) is 34.9 Å². The molecule has 2 rings (SSSR count). The van der Waals surface area contributed by atoms with E-state index >= 15 is 0 Å². The van der Waals surface area contributed by atoms with Gasteiger partial charge in [0, 0.05) is 6.04 Å². The molecule has 0 saturated heterocycles. The van der Waals surface area contributed by atoms with Gasteiger partial charge >= 0.3 is 0 Å². The van der Waals surface area contributed by atoms with E-state index in [1.54, 1.807) is 0 Å². The largest absolute Gasteiger partial charge is 0.271 e. The fraction of sp³-hybridized carbons (Fsp3) is 0.625. The molecule has 0 amide bonds. The van der Waals surface area contributed by atoms with Crippen LogP contribution < -0.4 is 11.3 Å². The molecule has 2 nitrogen and oxygen atoms in total. The molecular formula is C16H26N2.